The number of sulfonamides is 1. The van der Waals surface area contributed by atoms with Crippen LogP contribution in [0, 0.1) is 5.41 Å². The number of rotatable bonds is 9. The highest BCUT2D eigenvalue weighted by atomic mass is 32.2. The quantitative estimate of drug-likeness (QED) is 0.161. The second-order valence-corrected chi connectivity index (χ2v) is 9.79. The summed E-state index contributed by atoms with van der Waals surface area (Å²) >= 11 is 0. The van der Waals surface area contributed by atoms with E-state index in [1.807, 2.05) is 48.5 Å². The van der Waals surface area contributed by atoms with Gasteiger partial charge in [-0.05, 0) is 48.7 Å². The lowest BCUT2D eigenvalue weighted by atomic mass is 10.1. The smallest absolute Gasteiger partial charge is 0.238 e. The topological polar surface area (TPSA) is 135 Å². The first-order chi connectivity index (χ1) is 16.3. The van der Waals surface area contributed by atoms with Crippen molar-refractivity contribution in [2.75, 3.05) is 30.1 Å². The number of nitrogens with one attached hydrogen (secondary N) is 2. The Morgan fingerprint density at radius 1 is 1.09 bits per heavy atom. The SMILES string of the molecule is N=C(N)c1cccc(N2CCCC2COCNc2ccc(-c3ccccc3S(N)(=O)=O)cc2)c1. The van der Waals surface area contributed by atoms with Crippen LogP contribution in [0.2, 0.25) is 0 Å². The Kier molecular flexibility index (Phi) is 7.16. The maximum absolute atomic E-state index is 11.9. The third-order valence-corrected chi connectivity index (χ3v) is 6.91. The molecule has 0 saturated carbocycles. The lowest BCUT2D eigenvalue weighted by molar-refractivity contribution is 0.138. The van der Waals surface area contributed by atoms with Crippen LogP contribution in [0.15, 0.2) is 77.7 Å². The first-order valence-electron chi connectivity index (χ1n) is 11.1. The number of hydrogen-bond acceptors (Lipinski definition) is 6. The Morgan fingerprint density at radius 2 is 1.85 bits per heavy atom. The van der Waals surface area contributed by atoms with Crippen LogP contribution in [0.3, 0.4) is 0 Å². The number of anilines is 2. The third-order valence-electron chi connectivity index (χ3n) is 5.94. The summed E-state index contributed by atoms with van der Waals surface area (Å²) in [5.41, 5.74) is 9.63. The van der Waals surface area contributed by atoms with Gasteiger partial charge in [0, 0.05) is 29.0 Å². The average Bonchev–Trinajstić information content (AvgIpc) is 3.30. The van der Waals surface area contributed by atoms with E-state index in [9.17, 15) is 8.42 Å². The van der Waals surface area contributed by atoms with E-state index >= 15 is 0 Å². The van der Waals surface area contributed by atoms with E-state index in [2.05, 4.69) is 10.2 Å². The predicted molar refractivity (Wildman–Crippen MR) is 136 cm³/mol. The van der Waals surface area contributed by atoms with Crippen molar-refractivity contribution in [2.45, 2.75) is 23.8 Å². The van der Waals surface area contributed by atoms with Gasteiger partial charge in [-0.15, -0.1) is 0 Å². The fourth-order valence-electron chi connectivity index (χ4n) is 4.25. The molecule has 1 unspecified atom stereocenters. The van der Waals surface area contributed by atoms with Gasteiger partial charge in [0.05, 0.1) is 17.5 Å². The first kappa shape index (κ1) is 23.7. The summed E-state index contributed by atoms with van der Waals surface area (Å²) in [5, 5.41) is 16.3. The van der Waals surface area contributed by atoms with E-state index in [0.29, 0.717) is 18.9 Å². The second kappa shape index (κ2) is 10.3. The van der Waals surface area contributed by atoms with Crippen molar-refractivity contribution in [3.8, 4) is 11.1 Å². The molecule has 3 aromatic carbocycles. The zero-order valence-electron chi connectivity index (χ0n) is 18.8. The van der Waals surface area contributed by atoms with Gasteiger partial charge >= 0.3 is 0 Å². The standard InChI is InChI=1S/C25H29N5O3S/c26-25(27)19-5-3-6-21(15-19)30-14-4-7-22(30)16-33-17-29-20-12-10-18(11-13-20)23-8-1-2-9-24(23)34(28,31)32/h1-3,5-6,8-13,15,22,29H,4,7,14,16-17H2,(H3,26,27)(H2,28,31,32). The predicted octanol–water partition coefficient (Wildman–Crippen LogP) is 3.34. The van der Waals surface area contributed by atoms with Crippen molar-refractivity contribution >= 4 is 27.2 Å². The van der Waals surface area contributed by atoms with E-state index in [1.165, 1.54) is 6.07 Å². The molecule has 0 spiro atoms. The molecule has 8 nitrogen and oxygen atoms in total. The van der Waals surface area contributed by atoms with Crippen LogP contribution in [0.4, 0.5) is 11.4 Å². The fourth-order valence-corrected chi connectivity index (χ4v) is 5.01. The number of hydrogen-bond donors (Lipinski definition) is 4. The van der Waals surface area contributed by atoms with E-state index in [0.717, 1.165) is 41.9 Å². The summed E-state index contributed by atoms with van der Waals surface area (Å²) in [6, 6.07) is 22.2. The Morgan fingerprint density at radius 3 is 2.59 bits per heavy atom. The number of benzene rings is 3. The van der Waals surface area contributed by atoms with Gasteiger partial charge in [-0.2, -0.15) is 0 Å². The van der Waals surface area contributed by atoms with Crippen molar-refractivity contribution in [1.82, 2.24) is 0 Å². The van der Waals surface area contributed by atoms with Crippen LogP contribution in [0.25, 0.3) is 11.1 Å². The maximum Gasteiger partial charge on any atom is 0.238 e. The van der Waals surface area contributed by atoms with Crippen LogP contribution in [0.1, 0.15) is 18.4 Å². The molecule has 6 N–H and O–H groups in total. The number of nitrogens with zero attached hydrogens (tertiary/aromatic N) is 1. The molecule has 1 aliphatic heterocycles. The van der Waals surface area contributed by atoms with Gasteiger partial charge in [0.2, 0.25) is 10.0 Å². The fraction of sp³-hybridized carbons (Fsp3) is 0.240. The van der Waals surface area contributed by atoms with Crippen molar-refractivity contribution in [3.05, 3.63) is 78.4 Å². The molecule has 4 rings (SSSR count). The van der Waals surface area contributed by atoms with Gasteiger partial charge in [-0.1, -0.05) is 42.5 Å². The average molecular weight is 480 g/mol. The minimum absolute atomic E-state index is 0.0669. The number of amidine groups is 1. The van der Waals surface area contributed by atoms with Gasteiger partial charge in [0.1, 0.15) is 12.6 Å². The van der Waals surface area contributed by atoms with Crippen molar-refractivity contribution in [2.24, 2.45) is 10.9 Å². The zero-order chi connectivity index (χ0) is 24.1. The van der Waals surface area contributed by atoms with E-state index in [-0.39, 0.29) is 16.8 Å². The van der Waals surface area contributed by atoms with Crippen molar-refractivity contribution < 1.29 is 13.2 Å². The molecule has 0 amide bonds. The molecule has 34 heavy (non-hydrogen) atoms. The van der Waals surface area contributed by atoms with Gasteiger partial charge in [-0.3, -0.25) is 5.41 Å². The van der Waals surface area contributed by atoms with Crippen LogP contribution in [-0.4, -0.2) is 40.2 Å². The molecular formula is C25H29N5O3S. The van der Waals surface area contributed by atoms with Crippen LogP contribution >= 0.6 is 0 Å². The molecule has 0 radical (unpaired) electrons. The molecule has 1 aliphatic rings. The third kappa shape index (κ3) is 5.56. The molecule has 3 aromatic rings. The highest BCUT2D eigenvalue weighted by molar-refractivity contribution is 7.89. The second-order valence-electron chi connectivity index (χ2n) is 8.26. The Balaban J connectivity index is 1.32. The number of primary sulfonamides is 1. The summed E-state index contributed by atoms with van der Waals surface area (Å²) in [5.74, 6) is 0.0669. The largest absolute Gasteiger partial charge is 0.384 e. The Bertz CT molecular complexity index is 1260. The first-order valence-corrected chi connectivity index (χ1v) is 12.6. The van der Waals surface area contributed by atoms with Crippen LogP contribution < -0.4 is 21.1 Å². The lowest BCUT2D eigenvalue weighted by Crippen LogP contribution is -2.33. The highest BCUT2D eigenvalue weighted by Gasteiger charge is 2.25. The summed E-state index contributed by atoms with van der Waals surface area (Å²) in [6.45, 7) is 1.88. The molecule has 1 saturated heterocycles. The van der Waals surface area contributed by atoms with Crippen molar-refractivity contribution in [1.29, 1.82) is 5.41 Å². The normalized spacial score (nSPS) is 15.9. The lowest BCUT2D eigenvalue weighted by Gasteiger charge is -2.27. The number of ether oxygens (including phenoxy) is 1. The van der Waals surface area contributed by atoms with Crippen LogP contribution in [-0.2, 0) is 14.8 Å². The summed E-state index contributed by atoms with van der Waals surface area (Å²) in [7, 11) is -3.81. The monoisotopic (exact) mass is 479 g/mol. The van der Waals surface area contributed by atoms with Gasteiger partial charge in [0.15, 0.2) is 0 Å². The maximum atomic E-state index is 11.9. The molecular weight excluding hydrogens is 450 g/mol. The summed E-state index contributed by atoms with van der Waals surface area (Å²) < 4.78 is 29.6. The van der Waals surface area contributed by atoms with Gasteiger partial charge in [0.25, 0.3) is 0 Å². The molecule has 9 heteroatoms. The minimum atomic E-state index is -3.81. The molecule has 178 valence electrons. The molecule has 0 aliphatic carbocycles. The summed E-state index contributed by atoms with van der Waals surface area (Å²) in [6.07, 6.45) is 2.13. The zero-order valence-corrected chi connectivity index (χ0v) is 19.6. The van der Waals surface area contributed by atoms with E-state index in [4.69, 9.17) is 21.0 Å². The Hall–Kier alpha value is -3.40. The number of nitrogens with two attached hydrogens (primary N) is 2. The molecule has 1 fully saturated rings. The van der Waals surface area contributed by atoms with Gasteiger partial charge < -0.3 is 20.7 Å². The molecule has 0 bridgehead atoms. The minimum Gasteiger partial charge on any atom is -0.384 e. The molecule has 1 heterocycles. The molecule has 1 atom stereocenters. The summed E-state index contributed by atoms with van der Waals surface area (Å²) in [4.78, 5) is 2.42. The van der Waals surface area contributed by atoms with E-state index in [1.54, 1.807) is 18.2 Å². The number of nitrogen functional groups attached to an aromatic ring is 1. The highest BCUT2D eigenvalue weighted by Crippen LogP contribution is 2.28. The Labute approximate surface area is 200 Å². The van der Waals surface area contributed by atoms with Gasteiger partial charge in [-0.25, -0.2) is 13.6 Å². The van der Waals surface area contributed by atoms with E-state index < -0.39 is 10.0 Å². The molecule has 0 aromatic heterocycles. The van der Waals surface area contributed by atoms with Crippen LogP contribution in [0.5, 0.6) is 0 Å². The van der Waals surface area contributed by atoms with Crippen molar-refractivity contribution in [3.63, 3.8) is 0 Å².